The summed E-state index contributed by atoms with van der Waals surface area (Å²) in [5.74, 6) is 0. The van der Waals surface area contributed by atoms with Gasteiger partial charge >= 0.3 is 0 Å². The zero-order valence-corrected chi connectivity index (χ0v) is 11.2. The monoisotopic (exact) mass is 257 g/mol. The van der Waals surface area contributed by atoms with Gasteiger partial charge in [-0.2, -0.15) is 5.10 Å². The molecule has 1 aliphatic rings. The summed E-state index contributed by atoms with van der Waals surface area (Å²) in [6.45, 7) is 4.09. The van der Waals surface area contributed by atoms with Gasteiger partial charge in [-0.05, 0) is 31.9 Å². The lowest BCUT2D eigenvalue weighted by Gasteiger charge is -2.35. The summed E-state index contributed by atoms with van der Waals surface area (Å²) in [5, 5.41) is 7.32. The van der Waals surface area contributed by atoms with E-state index in [0.717, 1.165) is 18.8 Å². The molecule has 1 unspecified atom stereocenters. The lowest BCUT2D eigenvalue weighted by Crippen LogP contribution is -2.33. The first-order valence-corrected chi connectivity index (χ1v) is 6.83. The first kappa shape index (κ1) is 12.3. The first-order chi connectivity index (χ1) is 9.34. The standard InChI is InChI=1S/C14H19N5/c1-11-8-17-18-14(11)13-4-2-3-7-19(13)10-12-9-15-5-6-16-12/h5-6,8-9,13H,2-4,7,10H2,1H3,(H,17,18). The van der Waals surface area contributed by atoms with E-state index in [0.29, 0.717) is 6.04 Å². The van der Waals surface area contributed by atoms with Crippen LogP contribution in [0.4, 0.5) is 0 Å². The predicted octanol–water partition coefficient (Wildman–Crippen LogP) is 2.24. The summed E-state index contributed by atoms with van der Waals surface area (Å²) in [6, 6.07) is 0.429. The second-order valence-electron chi connectivity index (χ2n) is 5.15. The van der Waals surface area contributed by atoms with E-state index < -0.39 is 0 Å². The number of hydrogen-bond acceptors (Lipinski definition) is 4. The van der Waals surface area contributed by atoms with Crippen molar-refractivity contribution < 1.29 is 0 Å². The molecule has 2 aromatic rings. The highest BCUT2D eigenvalue weighted by Crippen LogP contribution is 2.32. The zero-order valence-electron chi connectivity index (χ0n) is 11.2. The summed E-state index contributed by atoms with van der Waals surface area (Å²) in [4.78, 5) is 11.0. The third-order valence-corrected chi connectivity index (χ3v) is 3.80. The number of piperidine rings is 1. The van der Waals surface area contributed by atoms with Crippen molar-refractivity contribution in [2.45, 2.75) is 38.8 Å². The number of aromatic amines is 1. The number of H-pyrrole nitrogens is 1. The minimum Gasteiger partial charge on any atom is -0.289 e. The fourth-order valence-electron chi connectivity index (χ4n) is 2.82. The van der Waals surface area contributed by atoms with Gasteiger partial charge in [0.15, 0.2) is 0 Å². The molecule has 0 amide bonds. The molecule has 5 heteroatoms. The number of hydrogen-bond donors (Lipinski definition) is 1. The molecule has 5 nitrogen and oxygen atoms in total. The van der Waals surface area contributed by atoms with Crippen LogP contribution < -0.4 is 0 Å². The number of likely N-dealkylation sites (tertiary alicyclic amines) is 1. The Bertz CT molecular complexity index is 522. The van der Waals surface area contributed by atoms with E-state index in [1.165, 1.54) is 30.5 Å². The Morgan fingerprint density at radius 1 is 1.32 bits per heavy atom. The Hall–Kier alpha value is -1.75. The summed E-state index contributed by atoms with van der Waals surface area (Å²) in [5.41, 5.74) is 3.53. The average Bonchev–Trinajstić information content (AvgIpc) is 2.87. The Morgan fingerprint density at radius 3 is 3.00 bits per heavy atom. The van der Waals surface area contributed by atoms with Crippen LogP contribution in [-0.4, -0.2) is 31.6 Å². The highest BCUT2D eigenvalue weighted by molar-refractivity contribution is 5.18. The molecule has 3 heterocycles. The summed E-state index contributed by atoms with van der Waals surface area (Å²) in [7, 11) is 0. The van der Waals surface area contributed by atoms with Crippen molar-refractivity contribution in [1.82, 2.24) is 25.1 Å². The van der Waals surface area contributed by atoms with Crippen LogP contribution in [0.1, 0.15) is 42.3 Å². The highest BCUT2D eigenvalue weighted by atomic mass is 15.2. The third kappa shape index (κ3) is 2.66. The van der Waals surface area contributed by atoms with Gasteiger partial charge in [0.25, 0.3) is 0 Å². The molecule has 0 aliphatic carbocycles. The van der Waals surface area contributed by atoms with Crippen molar-refractivity contribution in [2.75, 3.05) is 6.54 Å². The van der Waals surface area contributed by atoms with E-state index in [9.17, 15) is 0 Å². The van der Waals surface area contributed by atoms with E-state index in [4.69, 9.17) is 0 Å². The Morgan fingerprint density at radius 2 is 2.26 bits per heavy atom. The molecule has 0 aromatic carbocycles. The van der Waals surface area contributed by atoms with Crippen LogP contribution in [-0.2, 0) is 6.54 Å². The second kappa shape index (κ2) is 5.48. The van der Waals surface area contributed by atoms with Gasteiger partial charge in [-0.25, -0.2) is 0 Å². The van der Waals surface area contributed by atoms with Gasteiger partial charge in [-0.1, -0.05) is 6.42 Å². The second-order valence-corrected chi connectivity index (χ2v) is 5.15. The van der Waals surface area contributed by atoms with Crippen LogP contribution in [0.5, 0.6) is 0 Å². The van der Waals surface area contributed by atoms with Crippen molar-refractivity contribution in [1.29, 1.82) is 0 Å². The highest BCUT2D eigenvalue weighted by Gasteiger charge is 2.26. The van der Waals surface area contributed by atoms with Crippen molar-refractivity contribution in [2.24, 2.45) is 0 Å². The Kier molecular flexibility index (Phi) is 3.55. The van der Waals surface area contributed by atoms with E-state index >= 15 is 0 Å². The number of nitrogens with one attached hydrogen (secondary N) is 1. The van der Waals surface area contributed by atoms with Crippen LogP contribution in [0.25, 0.3) is 0 Å². The molecule has 2 aromatic heterocycles. The van der Waals surface area contributed by atoms with Gasteiger partial charge in [0.2, 0.25) is 0 Å². The Labute approximate surface area is 113 Å². The summed E-state index contributed by atoms with van der Waals surface area (Å²) >= 11 is 0. The maximum atomic E-state index is 4.38. The molecule has 0 bridgehead atoms. The molecule has 100 valence electrons. The number of nitrogens with zero attached hydrogens (tertiary/aromatic N) is 4. The zero-order chi connectivity index (χ0) is 13.1. The molecule has 1 aliphatic heterocycles. The average molecular weight is 257 g/mol. The van der Waals surface area contributed by atoms with E-state index in [-0.39, 0.29) is 0 Å². The third-order valence-electron chi connectivity index (χ3n) is 3.80. The lowest BCUT2D eigenvalue weighted by atomic mass is 9.97. The smallest absolute Gasteiger partial charge is 0.0727 e. The van der Waals surface area contributed by atoms with Gasteiger partial charge in [-0.3, -0.25) is 20.0 Å². The molecule has 1 N–H and O–H groups in total. The SMILES string of the molecule is Cc1cn[nH]c1C1CCCCN1Cc1cnccn1. The normalized spacial score (nSPS) is 20.6. The van der Waals surface area contributed by atoms with Gasteiger partial charge in [0, 0.05) is 25.1 Å². The molecule has 3 rings (SSSR count). The van der Waals surface area contributed by atoms with Crippen LogP contribution in [0.3, 0.4) is 0 Å². The largest absolute Gasteiger partial charge is 0.289 e. The molecule has 1 saturated heterocycles. The van der Waals surface area contributed by atoms with Crippen LogP contribution in [0.15, 0.2) is 24.8 Å². The molecule has 19 heavy (non-hydrogen) atoms. The van der Waals surface area contributed by atoms with Gasteiger partial charge in [-0.15, -0.1) is 0 Å². The fraction of sp³-hybridized carbons (Fsp3) is 0.500. The van der Waals surface area contributed by atoms with E-state index in [1.807, 2.05) is 12.4 Å². The minimum absolute atomic E-state index is 0.429. The topological polar surface area (TPSA) is 57.7 Å². The minimum atomic E-state index is 0.429. The first-order valence-electron chi connectivity index (χ1n) is 6.83. The molecule has 0 radical (unpaired) electrons. The summed E-state index contributed by atoms with van der Waals surface area (Å²) in [6.07, 6.45) is 11.0. The van der Waals surface area contributed by atoms with Crippen molar-refractivity contribution in [3.8, 4) is 0 Å². The predicted molar refractivity (Wildman–Crippen MR) is 72.4 cm³/mol. The van der Waals surface area contributed by atoms with Crippen molar-refractivity contribution in [3.63, 3.8) is 0 Å². The molecular formula is C14H19N5. The molecule has 0 saturated carbocycles. The quantitative estimate of drug-likeness (QED) is 0.916. The fourth-order valence-corrected chi connectivity index (χ4v) is 2.82. The maximum absolute atomic E-state index is 4.38. The molecule has 1 fully saturated rings. The van der Waals surface area contributed by atoms with E-state index in [2.05, 4.69) is 32.0 Å². The number of aromatic nitrogens is 4. The summed E-state index contributed by atoms with van der Waals surface area (Å²) < 4.78 is 0. The van der Waals surface area contributed by atoms with Crippen LogP contribution >= 0.6 is 0 Å². The van der Waals surface area contributed by atoms with E-state index in [1.54, 1.807) is 12.4 Å². The number of aryl methyl sites for hydroxylation is 1. The maximum Gasteiger partial charge on any atom is 0.0727 e. The Balaban J connectivity index is 1.80. The van der Waals surface area contributed by atoms with Crippen molar-refractivity contribution in [3.05, 3.63) is 41.7 Å². The molecule has 1 atom stereocenters. The molecular weight excluding hydrogens is 238 g/mol. The van der Waals surface area contributed by atoms with Gasteiger partial charge in [0.1, 0.15) is 0 Å². The molecule has 0 spiro atoms. The van der Waals surface area contributed by atoms with Gasteiger partial charge in [0.05, 0.1) is 23.6 Å². The van der Waals surface area contributed by atoms with Crippen LogP contribution in [0, 0.1) is 6.92 Å². The van der Waals surface area contributed by atoms with Crippen LogP contribution in [0.2, 0.25) is 0 Å². The number of rotatable bonds is 3. The lowest BCUT2D eigenvalue weighted by molar-refractivity contribution is 0.135. The van der Waals surface area contributed by atoms with Gasteiger partial charge < -0.3 is 0 Å². The van der Waals surface area contributed by atoms with Crippen molar-refractivity contribution >= 4 is 0 Å².